The number of hydrogen-bond donors (Lipinski definition) is 1. The van der Waals surface area contributed by atoms with Crippen LogP contribution in [0.3, 0.4) is 0 Å². The molecule has 0 aromatic carbocycles. The summed E-state index contributed by atoms with van der Waals surface area (Å²) in [4.78, 5) is 1.43. The third kappa shape index (κ3) is 3.15. The van der Waals surface area contributed by atoms with Crippen molar-refractivity contribution in [3.05, 3.63) is 5.82 Å². The van der Waals surface area contributed by atoms with E-state index in [9.17, 15) is 0 Å². The van der Waals surface area contributed by atoms with Crippen molar-refractivity contribution in [1.82, 2.24) is 25.5 Å². The predicted octanol–water partition coefficient (Wildman–Crippen LogP) is 0.102. The fraction of sp³-hybridized carbons (Fsp3) is 0.667. The van der Waals surface area contributed by atoms with Crippen LogP contribution in [0.4, 0.5) is 0 Å². The van der Waals surface area contributed by atoms with Gasteiger partial charge in [-0.15, -0.1) is 16.6 Å². The topological polar surface area (TPSA) is 55.6 Å². The first-order valence-corrected chi connectivity index (χ1v) is 4.68. The Labute approximate surface area is 83.9 Å². The van der Waals surface area contributed by atoms with Crippen molar-refractivity contribution in [1.29, 1.82) is 0 Å². The number of nitrogens with one attached hydrogen (secondary N) is 1. The molecule has 1 unspecified atom stereocenters. The highest BCUT2D eigenvalue weighted by molar-refractivity contribution is 4.98. The minimum Gasteiger partial charge on any atom is -0.296 e. The number of rotatable bonds is 5. The molecule has 5 nitrogen and oxygen atoms in total. The van der Waals surface area contributed by atoms with Gasteiger partial charge >= 0.3 is 0 Å². The van der Waals surface area contributed by atoms with Gasteiger partial charge in [-0.2, -0.15) is 4.80 Å². The van der Waals surface area contributed by atoms with Gasteiger partial charge in [-0.05, 0) is 11.6 Å². The molecule has 1 rings (SSSR count). The number of terminal acetylenes is 1. The van der Waals surface area contributed by atoms with Crippen LogP contribution < -0.4 is 5.32 Å². The zero-order valence-corrected chi connectivity index (χ0v) is 8.56. The lowest BCUT2D eigenvalue weighted by Gasteiger charge is -2.09. The molecular weight excluding hydrogens is 178 g/mol. The Morgan fingerprint density at radius 2 is 2.43 bits per heavy atom. The quantitative estimate of drug-likeness (QED) is 0.674. The third-order valence-electron chi connectivity index (χ3n) is 1.83. The van der Waals surface area contributed by atoms with Crippen molar-refractivity contribution in [3.8, 4) is 12.3 Å². The SMILES string of the molecule is C#CC(CCC)NCc1nnn(C)n1. The van der Waals surface area contributed by atoms with Gasteiger partial charge in [0.1, 0.15) is 0 Å². The molecule has 0 aliphatic carbocycles. The van der Waals surface area contributed by atoms with Crippen LogP contribution in [-0.4, -0.2) is 26.2 Å². The number of tetrazole rings is 1. The molecule has 0 aliphatic rings. The van der Waals surface area contributed by atoms with Crippen molar-refractivity contribution in [2.45, 2.75) is 32.4 Å². The summed E-state index contributed by atoms with van der Waals surface area (Å²) in [6.45, 7) is 2.68. The Morgan fingerprint density at radius 3 is 2.93 bits per heavy atom. The minimum absolute atomic E-state index is 0.101. The molecule has 0 bridgehead atoms. The smallest absolute Gasteiger partial charge is 0.188 e. The normalized spacial score (nSPS) is 12.4. The Hall–Kier alpha value is -1.41. The highest BCUT2D eigenvalue weighted by atomic mass is 15.6. The predicted molar refractivity (Wildman–Crippen MR) is 53.2 cm³/mol. The van der Waals surface area contributed by atoms with E-state index in [2.05, 4.69) is 33.6 Å². The van der Waals surface area contributed by atoms with E-state index in [0.717, 1.165) is 12.8 Å². The maximum absolute atomic E-state index is 5.35. The maximum atomic E-state index is 5.35. The zero-order valence-electron chi connectivity index (χ0n) is 8.56. The van der Waals surface area contributed by atoms with Gasteiger partial charge in [-0.3, -0.25) is 5.32 Å². The Balaban J connectivity index is 2.36. The first-order chi connectivity index (χ1) is 6.76. The summed E-state index contributed by atoms with van der Waals surface area (Å²) < 4.78 is 0. The molecule has 0 amide bonds. The third-order valence-corrected chi connectivity index (χ3v) is 1.83. The summed E-state index contributed by atoms with van der Waals surface area (Å²) in [7, 11) is 1.74. The van der Waals surface area contributed by atoms with E-state index in [4.69, 9.17) is 6.42 Å². The lowest BCUT2D eigenvalue weighted by molar-refractivity contribution is 0.548. The van der Waals surface area contributed by atoms with E-state index in [-0.39, 0.29) is 6.04 Å². The standard InChI is InChI=1S/C9H15N5/c1-4-6-8(5-2)10-7-9-11-13-14(3)12-9/h2,8,10H,4,6-7H2,1,3H3. The average Bonchev–Trinajstić information content (AvgIpc) is 2.59. The molecule has 76 valence electrons. The molecule has 1 heterocycles. The summed E-state index contributed by atoms with van der Waals surface area (Å²) in [6, 6.07) is 0.101. The molecule has 1 aromatic heterocycles. The molecule has 1 atom stereocenters. The molecule has 0 spiro atoms. The van der Waals surface area contributed by atoms with Crippen LogP contribution in [0.15, 0.2) is 0 Å². The average molecular weight is 193 g/mol. The molecule has 1 N–H and O–H groups in total. The van der Waals surface area contributed by atoms with E-state index in [1.54, 1.807) is 7.05 Å². The van der Waals surface area contributed by atoms with Gasteiger partial charge in [0.25, 0.3) is 0 Å². The number of hydrogen-bond acceptors (Lipinski definition) is 4. The molecule has 0 radical (unpaired) electrons. The highest BCUT2D eigenvalue weighted by Crippen LogP contribution is 1.95. The Bertz CT molecular complexity index is 311. The first kappa shape index (κ1) is 10.7. The van der Waals surface area contributed by atoms with Crippen molar-refractivity contribution in [3.63, 3.8) is 0 Å². The van der Waals surface area contributed by atoms with Crippen LogP contribution in [0, 0.1) is 12.3 Å². The number of aryl methyl sites for hydroxylation is 1. The van der Waals surface area contributed by atoms with Crippen molar-refractivity contribution >= 4 is 0 Å². The largest absolute Gasteiger partial charge is 0.296 e. The molecule has 1 aromatic rings. The molecule has 0 fully saturated rings. The summed E-state index contributed by atoms with van der Waals surface area (Å²) in [5.41, 5.74) is 0. The number of nitrogens with zero attached hydrogens (tertiary/aromatic N) is 4. The van der Waals surface area contributed by atoms with Crippen LogP contribution in [0.1, 0.15) is 25.6 Å². The van der Waals surface area contributed by atoms with Crippen LogP contribution >= 0.6 is 0 Å². The van der Waals surface area contributed by atoms with Gasteiger partial charge in [-0.1, -0.05) is 19.3 Å². The second-order valence-electron chi connectivity index (χ2n) is 3.08. The van der Waals surface area contributed by atoms with Gasteiger partial charge in [-0.25, -0.2) is 0 Å². The summed E-state index contributed by atoms with van der Waals surface area (Å²) in [5.74, 6) is 3.36. The second kappa shape index (κ2) is 5.35. The van der Waals surface area contributed by atoms with Gasteiger partial charge < -0.3 is 0 Å². The van der Waals surface area contributed by atoms with E-state index >= 15 is 0 Å². The molecule has 0 saturated heterocycles. The minimum atomic E-state index is 0.101. The van der Waals surface area contributed by atoms with E-state index in [0.29, 0.717) is 12.4 Å². The van der Waals surface area contributed by atoms with Gasteiger partial charge in [0, 0.05) is 0 Å². The Morgan fingerprint density at radius 1 is 1.64 bits per heavy atom. The fourth-order valence-corrected chi connectivity index (χ4v) is 1.14. The van der Waals surface area contributed by atoms with Crippen molar-refractivity contribution < 1.29 is 0 Å². The van der Waals surface area contributed by atoms with E-state index in [1.165, 1.54) is 4.80 Å². The van der Waals surface area contributed by atoms with Gasteiger partial charge in [0.05, 0.1) is 19.6 Å². The second-order valence-corrected chi connectivity index (χ2v) is 3.08. The number of aromatic nitrogens is 4. The lowest BCUT2D eigenvalue weighted by atomic mass is 10.2. The lowest BCUT2D eigenvalue weighted by Crippen LogP contribution is -2.27. The van der Waals surface area contributed by atoms with Gasteiger partial charge in [0.2, 0.25) is 0 Å². The monoisotopic (exact) mass is 193 g/mol. The van der Waals surface area contributed by atoms with Crippen molar-refractivity contribution in [2.75, 3.05) is 0 Å². The molecule has 0 aliphatic heterocycles. The summed E-state index contributed by atoms with van der Waals surface area (Å²) >= 11 is 0. The fourth-order valence-electron chi connectivity index (χ4n) is 1.14. The molecule has 5 heteroatoms. The van der Waals surface area contributed by atoms with Crippen LogP contribution in [0.5, 0.6) is 0 Å². The summed E-state index contributed by atoms with van der Waals surface area (Å²) in [6.07, 6.45) is 7.39. The maximum Gasteiger partial charge on any atom is 0.188 e. The zero-order chi connectivity index (χ0) is 10.4. The Kier molecular flexibility index (Phi) is 4.08. The van der Waals surface area contributed by atoms with E-state index < -0.39 is 0 Å². The molecular formula is C9H15N5. The molecule has 0 saturated carbocycles. The molecule has 14 heavy (non-hydrogen) atoms. The van der Waals surface area contributed by atoms with Crippen LogP contribution in [-0.2, 0) is 13.6 Å². The van der Waals surface area contributed by atoms with Crippen LogP contribution in [0.25, 0.3) is 0 Å². The van der Waals surface area contributed by atoms with Gasteiger partial charge in [0.15, 0.2) is 5.82 Å². The van der Waals surface area contributed by atoms with Crippen molar-refractivity contribution in [2.24, 2.45) is 7.05 Å². The summed E-state index contributed by atoms with van der Waals surface area (Å²) in [5, 5.41) is 14.8. The van der Waals surface area contributed by atoms with Crippen LogP contribution in [0.2, 0.25) is 0 Å². The highest BCUT2D eigenvalue weighted by Gasteiger charge is 2.05. The van der Waals surface area contributed by atoms with E-state index in [1.807, 2.05) is 0 Å². The first-order valence-electron chi connectivity index (χ1n) is 4.68.